The van der Waals surface area contributed by atoms with Gasteiger partial charge in [-0.1, -0.05) is 12.8 Å². The van der Waals surface area contributed by atoms with Crippen LogP contribution in [0.2, 0.25) is 0 Å². The van der Waals surface area contributed by atoms with Crippen molar-refractivity contribution in [3.05, 3.63) is 12.4 Å². The quantitative estimate of drug-likeness (QED) is 0.759. The Hall–Kier alpha value is -0.700. The molecule has 1 unspecified atom stereocenters. The van der Waals surface area contributed by atoms with E-state index >= 15 is 0 Å². The summed E-state index contributed by atoms with van der Waals surface area (Å²) in [4.78, 5) is 6.87. The molecule has 1 aromatic heterocycles. The highest BCUT2D eigenvalue weighted by Crippen LogP contribution is 2.23. The first-order chi connectivity index (χ1) is 7.86. The van der Waals surface area contributed by atoms with Gasteiger partial charge >= 0.3 is 0 Å². The number of alkyl halides is 1. The topological polar surface area (TPSA) is 21.1 Å². The summed E-state index contributed by atoms with van der Waals surface area (Å²) in [5.74, 6) is 1.80. The van der Waals surface area contributed by atoms with Gasteiger partial charge in [0, 0.05) is 37.4 Å². The standard InChI is InChI=1S/C12H20ClN3/c1-2-15-9-7-14-12(15)16-8-5-3-4-6-11(16)10-13/h7,9,11H,2-6,8,10H2,1H3. The SMILES string of the molecule is CCn1ccnc1N1CCCCCC1CCl. The summed E-state index contributed by atoms with van der Waals surface area (Å²) in [7, 11) is 0. The summed E-state index contributed by atoms with van der Waals surface area (Å²) < 4.78 is 2.20. The largest absolute Gasteiger partial charge is 0.338 e. The van der Waals surface area contributed by atoms with Crippen molar-refractivity contribution in [3.63, 3.8) is 0 Å². The van der Waals surface area contributed by atoms with Crippen LogP contribution in [0.4, 0.5) is 5.95 Å². The molecule has 0 aliphatic carbocycles. The van der Waals surface area contributed by atoms with Crippen LogP contribution in [0.25, 0.3) is 0 Å². The van der Waals surface area contributed by atoms with E-state index in [1.165, 1.54) is 25.7 Å². The van der Waals surface area contributed by atoms with Gasteiger partial charge in [0.25, 0.3) is 0 Å². The van der Waals surface area contributed by atoms with E-state index in [0.29, 0.717) is 11.9 Å². The zero-order valence-electron chi connectivity index (χ0n) is 9.90. The highest BCUT2D eigenvalue weighted by molar-refractivity contribution is 6.18. The predicted molar refractivity (Wildman–Crippen MR) is 68.2 cm³/mol. The number of aromatic nitrogens is 2. The molecule has 1 aliphatic heterocycles. The van der Waals surface area contributed by atoms with Gasteiger partial charge in [0.2, 0.25) is 5.95 Å². The molecule has 1 atom stereocenters. The molecule has 1 aromatic rings. The molecule has 1 aliphatic rings. The second-order valence-electron chi connectivity index (χ2n) is 4.36. The lowest BCUT2D eigenvalue weighted by molar-refractivity contribution is 0.592. The number of rotatable bonds is 3. The molecule has 0 radical (unpaired) electrons. The Morgan fingerprint density at radius 3 is 3.06 bits per heavy atom. The smallest absolute Gasteiger partial charge is 0.205 e. The highest BCUT2D eigenvalue weighted by atomic mass is 35.5. The number of hydrogen-bond acceptors (Lipinski definition) is 2. The van der Waals surface area contributed by atoms with Crippen LogP contribution in [-0.4, -0.2) is 28.0 Å². The molecular formula is C12H20ClN3. The number of hydrogen-bond donors (Lipinski definition) is 0. The number of nitrogens with zero attached hydrogens (tertiary/aromatic N) is 3. The van der Waals surface area contributed by atoms with Crippen LogP contribution < -0.4 is 4.90 Å². The molecule has 16 heavy (non-hydrogen) atoms. The predicted octanol–water partition coefficient (Wildman–Crippen LogP) is 2.89. The molecule has 2 heterocycles. The van der Waals surface area contributed by atoms with Crippen LogP contribution in [0.5, 0.6) is 0 Å². The van der Waals surface area contributed by atoms with E-state index in [9.17, 15) is 0 Å². The Bertz CT molecular complexity index is 324. The Morgan fingerprint density at radius 2 is 2.31 bits per heavy atom. The van der Waals surface area contributed by atoms with E-state index < -0.39 is 0 Å². The van der Waals surface area contributed by atoms with Crippen molar-refractivity contribution in [1.29, 1.82) is 0 Å². The maximum Gasteiger partial charge on any atom is 0.205 e. The van der Waals surface area contributed by atoms with E-state index in [4.69, 9.17) is 11.6 Å². The van der Waals surface area contributed by atoms with Crippen molar-refractivity contribution in [2.75, 3.05) is 17.3 Å². The van der Waals surface area contributed by atoms with E-state index in [0.717, 1.165) is 19.0 Å². The Kier molecular flexibility index (Phi) is 4.10. The monoisotopic (exact) mass is 241 g/mol. The van der Waals surface area contributed by atoms with Gasteiger partial charge in [0.15, 0.2) is 0 Å². The first kappa shape index (κ1) is 11.8. The van der Waals surface area contributed by atoms with Gasteiger partial charge in [-0.2, -0.15) is 0 Å². The van der Waals surface area contributed by atoms with E-state index in [2.05, 4.69) is 21.4 Å². The molecular weight excluding hydrogens is 222 g/mol. The third kappa shape index (κ3) is 2.34. The molecule has 0 saturated carbocycles. The van der Waals surface area contributed by atoms with Crippen molar-refractivity contribution < 1.29 is 0 Å². The van der Waals surface area contributed by atoms with Gasteiger partial charge in [0.05, 0.1) is 0 Å². The molecule has 90 valence electrons. The summed E-state index contributed by atoms with van der Waals surface area (Å²) in [6.45, 7) is 4.22. The fraction of sp³-hybridized carbons (Fsp3) is 0.750. The Balaban J connectivity index is 2.21. The zero-order valence-corrected chi connectivity index (χ0v) is 10.7. The maximum atomic E-state index is 6.08. The molecule has 3 nitrogen and oxygen atoms in total. The minimum atomic E-state index is 0.455. The lowest BCUT2D eigenvalue weighted by atomic mass is 10.1. The molecule has 1 fully saturated rings. The van der Waals surface area contributed by atoms with Gasteiger partial charge in [-0.3, -0.25) is 0 Å². The Labute approximate surface area is 102 Å². The molecule has 0 bridgehead atoms. The molecule has 4 heteroatoms. The lowest BCUT2D eigenvalue weighted by Crippen LogP contribution is -2.38. The average Bonchev–Trinajstić information content (AvgIpc) is 2.66. The van der Waals surface area contributed by atoms with Crippen LogP contribution in [0.1, 0.15) is 32.6 Å². The molecule has 0 spiro atoms. The van der Waals surface area contributed by atoms with Crippen molar-refractivity contribution in [2.45, 2.75) is 45.2 Å². The van der Waals surface area contributed by atoms with Crippen LogP contribution >= 0.6 is 11.6 Å². The molecule has 0 N–H and O–H groups in total. The minimum Gasteiger partial charge on any atom is -0.338 e. The molecule has 0 amide bonds. The summed E-state index contributed by atoms with van der Waals surface area (Å²) >= 11 is 6.08. The maximum absolute atomic E-state index is 6.08. The van der Waals surface area contributed by atoms with Crippen LogP contribution in [0, 0.1) is 0 Å². The van der Waals surface area contributed by atoms with Crippen LogP contribution in [0.15, 0.2) is 12.4 Å². The van der Waals surface area contributed by atoms with E-state index in [1.54, 1.807) is 0 Å². The first-order valence-electron chi connectivity index (χ1n) is 6.20. The van der Waals surface area contributed by atoms with Gasteiger partial charge in [-0.15, -0.1) is 11.6 Å². The van der Waals surface area contributed by atoms with Gasteiger partial charge in [-0.25, -0.2) is 4.98 Å². The second-order valence-corrected chi connectivity index (χ2v) is 4.67. The van der Waals surface area contributed by atoms with Crippen LogP contribution in [-0.2, 0) is 6.54 Å². The van der Waals surface area contributed by atoms with Gasteiger partial charge < -0.3 is 9.47 Å². The normalized spacial score (nSPS) is 22.1. The first-order valence-corrected chi connectivity index (χ1v) is 6.74. The number of imidazole rings is 1. The van der Waals surface area contributed by atoms with E-state index in [-0.39, 0.29) is 0 Å². The summed E-state index contributed by atoms with van der Waals surface area (Å²) in [5, 5.41) is 0. The minimum absolute atomic E-state index is 0.455. The van der Waals surface area contributed by atoms with Gasteiger partial charge in [-0.05, 0) is 19.8 Å². The summed E-state index contributed by atoms with van der Waals surface area (Å²) in [5.41, 5.74) is 0. The lowest BCUT2D eigenvalue weighted by Gasteiger charge is -2.29. The van der Waals surface area contributed by atoms with Crippen molar-refractivity contribution in [1.82, 2.24) is 9.55 Å². The Morgan fingerprint density at radius 1 is 1.44 bits per heavy atom. The number of anilines is 1. The van der Waals surface area contributed by atoms with E-state index in [1.807, 2.05) is 12.4 Å². The third-order valence-corrected chi connectivity index (χ3v) is 3.70. The summed E-state index contributed by atoms with van der Waals surface area (Å²) in [6, 6.07) is 0.455. The third-order valence-electron chi connectivity index (χ3n) is 3.35. The highest BCUT2D eigenvalue weighted by Gasteiger charge is 2.23. The molecule has 2 rings (SSSR count). The van der Waals surface area contributed by atoms with Gasteiger partial charge in [0.1, 0.15) is 0 Å². The average molecular weight is 242 g/mol. The van der Waals surface area contributed by atoms with Crippen molar-refractivity contribution >= 4 is 17.5 Å². The molecule has 0 aromatic carbocycles. The van der Waals surface area contributed by atoms with Crippen molar-refractivity contribution in [2.24, 2.45) is 0 Å². The van der Waals surface area contributed by atoms with Crippen LogP contribution in [0.3, 0.4) is 0 Å². The fourth-order valence-corrected chi connectivity index (χ4v) is 2.73. The number of halogens is 1. The number of aryl methyl sites for hydroxylation is 1. The molecule has 1 saturated heterocycles. The fourth-order valence-electron chi connectivity index (χ4n) is 2.41. The zero-order chi connectivity index (χ0) is 11.4. The second kappa shape index (κ2) is 5.58. The van der Waals surface area contributed by atoms with Crippen molar-refractivity contribution in [3.8, 4) is 0 Å². The summed E-state index contributed by atoms with van der Waals surface area (Å²) in [6.07, 6.45) is 8.99.